The minimum absolute atomic E-state index is 0. The maximum Gasteiger partial charge on any atom is 1.00 e. The van der Waals surface area contributed by atoms with E-state index in [1.165, 1.54) is 19.1 Å². The molecule has 1 fully saturated rings. The minimum Gasteiger partial charge on any atom is -0.547 e. The van der Waals surface area contributed by atoms with Crippen LogP contribution in [0.1, 0.15) is 52.8 Å². The van der Waals surface area contributed by atoms with Crippen molar-refractivity contribution in [2.24, 2.45) is 5.92 Å². The minimum atomic E-state index is -1.39. The molecule has 2 rings (SSSR count). The fourth-order valence-corrected chi connectivity index (χ4v) is 3.42. The summed E-state index contributed by atoms with van der Waals surface area (Å²) in [5.41, 5.74) is -0.352. The number of rotatable bonds is 6. The molecule has 0 aromatic heterocycles. The van der Waals surface area contributed by atoms with Gasteiger partial charge < -0.3 is 28.8 Å². The second kappa shape index (κ2) is 11.1. The van der Waals surface area contributed by atoms with E-state index in [1.807, 2.05) is 13.8 Å². The van der Waals surface area contributed by atoms with E-state index in [1.54, 1.807) is 39.0 Å². The Morgan fingerprint density at radius 1 is 1.17 bits per heavy atom. The molecular formula is C21H30KNO7. The second-order valence-corrected chi connectivity index (χ2v) is 8.39. The van der Waals surface area contributed by atoms with Crippen molar-refractivity contribution in [3.8, 4) is 11.5 Å². The molecule has 8 nitrogen and oxygen atoms in total. The van der Waals surface area contributed by atoms with Crippen molar-refractivity contribution in [2.45, 2.75) is 65.0 Å². The zero-order chi connectivity index (χ0) is 21.9. The van der Waals surface area contributed by atoms with E-state index in [2.05, 4.69) is 0 Å². The topological polar surface area (TPSA) is 97.4 Å². The Labute approximate surface area is 220 Å². The molecule has 0 bridgehead atoms. The molecule has 1 aliphatic rings. The van der Waals surface area contributed by atoms with Gasteiger partial charge in [-0.3, -0.25) is 4.90 Å². The van der Waals surface area contributed by atoms with Gasteiger partial charge in [-0.2, -0.15) is 0 Å². The normalized spacial score (nSPS) is 21.2. The number of carbonyl (C=O) groups is 2. The smallest absolute Gasteiger partial charge is 0.547 e. The predicted molar refractivity (Wildman–Crippen MR) is 103 cm³/mol. The van der Waals surface area contributed by atoms with Gasteiger partial charge in [0, 0.05) is 0 Å². The summed E-state index contributed by atoms with van der Waals surface area (Å²) in [7, 11) is 2.96. The van der Waals surface area contributed by atoms with Crippen LogP contribution < -0.4 is 66.0 Å². The van der Waals surface area contributed by atoms with Crippen LogP contribution in [0.3, 0.4) is 0 Å². The number of hydrogen-bond donors (Lipinski definition) is 0. The Morgan fingerprint density at radius 3 is 2.10 bits per heavy atom. The molecule has 1 amide bonds. The number of methoxy groups -OCH3 is 2. The Kier molecular flexibility index (Phi) is 10.1. The van der Waals surface area contributed by atoms with Gasteiger partial charge >= 0.3 is 57.5 Å². The number of carbonyl (C=O) groups excluding carboxylic acids is 2. The third-order valence-corrected chi connectivity index (χ3v) is 4.50. The van der Waals surface area contributed by atoms with Crippen LogP contribution in [0.2, 0.25) is 0 Å². The number of benzene rings is 1. The molecule has 30 heavy (non-hydrogen) atoms. The third kappa shape index (κ3) is 6.33. The van der Waals surface area contributed by atoms with E-state index in [9.17, 15) is 14.7 Å². The Bertz CT molecular complexity index is 725. The van der Waals surface area contributed by atoms with Crippen LogP contribution in [-0.4, -0.2) is 48.9 Å². The van der Waals surface area contributed by atoms with Gasteiger partial charge in [-0.15, -0.1) is 0 Å². The first kappa shape index (κ1) is 27.2. The predicted octanol–water partition coefficient (Wildman–Crippen LogP) is -0.493. The van der Waals surface area contributed by atoms with Crippen LogP contribution in [0.15, 0.2) is 18.2 Å². The van der Waals surface area contributed by atoms with E-state index >= 15 is 0 Å². The quantitative estimate of drug-likeness (QED) is 0.543. The second-order valence-electron chi connectivity index (χ2n) is 8.39. The maximum absolute atomic E-state index is 13.1. The molecule has 162 valence electrons. The SMILES string of the molecule is COc1cccc(OC)c1C1O[C@@H](C(=O)[O-])[C@H](CC(C)C)N1C(=O)OC(C)(C)C.[K+]. The molecule has 0 saturated carbocycles. The summed E-state index contributed by atoms with van der Waals surface area (Å²) in [4.78, 5) is 26.3. The molecule has 0 spiro atoms. The standard InChI is InChI=1S/C21H31NO7.K/c1-12(2)11-13-17(19(23)24)28-18(22(13)20(25)29-21(3,4)5)16-14(26-6)9-8-10-15(16)27-7;/h8-10,12-13,17-18H,11H2,1-7H3,(H,23,24);/q;+1/p-1/t13-,17+,18?;/m0./s1. The maximum atomic E-state index is 13.1. The molecule has 9 heteroatoms. The zero-order valence-electron chi connectivity index (χ0n) is 19.1. The average molecular weight is 448 g/mol. The number of ether oxygens (including phenoxy) is 4. The molecule has 1 heterocycles. The fourth-order valence-electron chi connectivity index (χ4n) is 3.42. The van der Waals surface area contributed by atoms with Gasteiger partial charge in [0.2, 0.25) is 0 Å². The number of aliphatic carboxylic acids is 1. The van der Waals surface area contributed by atoms with Crippen molar-refractivity contribution < 1.29 is 85.0 Å². The van der Waals surface area contributed by atoms with E-state index in [-0.39, 0.29) is 57.3 Å². The van der Waals surface area contributed by atoms with Gasteiger partial charge in [0.15, 0.2) is 6.23 Å². The van der Waals surface area contributed by atoms with Crippen LogP contribution >= 0.6 is 0 Å². The van der Waals surface area contributed by atoms with Crippen LogP contribution in [0, 0.1) is 5.92 Å². The Balaban J connectivity index is 0.00000450. The van der Waals surface area contributed by atoms with E-state index in [0.29, 0.717) is 23.5 Å². The first-order valence-electron chi connectivity index (χ1n) is 9.58. The molecular weight excluding hydrogens is 417 g/mol. The number of amides is 1. The van der Waals surface area contributed by atoms with Crippen LogP contribution in [-0.2, 0) is 14.3 Å². The molecule has 1 aromatic rings. The van der Waals surface area contributed by atoms with Crippen molar-refractivity contribution >= 4 is 12.1 Å². The summed E-state index contributed by atoms with van der Waals surface area (Å²) in [5, 5.41) is 11.9. The third-order valence-electron chi connectivity index (χ3n) is 4.50. The first-order chi connectivity index (χ1) is 13.5. The van der Waals surface area contributed by atoms with Crippen molar-refractivity contribution in [3.05, 3.63) is 23.8 Å². The molecule has 1 unspecified atom stereocenters. The molecule has 0 N–H and O–H groups in total. The molecule has 0 aliphatic carbocycles. The summed E-state index contributed by atoms with van der Waals surface area (Å²) in [5.74, 6) is -0.468. The van der Waals surface area contributed by atoms with E-state index in [4.69, 9.17) is 18.9 Å². The van der Waals surface area contributed by atoms with E-state index in [0.717, 1.165) is 0 Å². The van der Waals surface area contributed by atoms with Crippen molar-refractivity contribution in [1.29, 1.82) is 0 Å². The number of hydrogen-bond acceptors (Lipinski definition) is 7. The summed E-state index contributed by atoms with van der Waals surface area (Å²) >= 11 is 0. The fraction of sp³-hybridized carbons (Fsp3) is 0.619. The van der Waals surface area contributed by atoms with E-state index < -0.39 is 36.0 Å². The molecule has 1 aromatic carbocycles. The zero-order valence-corrected chi connectivity index (χ0v) is 22.2. The summed E-state index contributed by atoms with van der Waals surface area (Å²) in [6, 6.07) is 4.35. The summed E-state index contributed by atoms with van der Waals surface area (Å²) in [6.07, 6.45) is -2.66. The van der Waals surface area contributed by atoms with Gasteiger partial charge in [-0.1, -0.05) is 19.9 Å². The van der Waals surface area contributed by atoms with Gasteiger partial charge in [0.25, 0.3) is 0 Å². The molecule has 3 atom stereocenters. The van der Waals surface area contributed by atoms with Crippen LogP contribution in [0.5, 0.6) is 11.5 Å². The Morgan fingerprint density at radius 2 is 1.70 bits per heavy atom. The summed E-state index contributed by atoms with van der Waals surface area (Å²) in [6.45, 7) is 9.11. The number of nitrogens with zero attached hydrogens (tertiary/aromatic N) is 1. The molecule has 1 saturated heterocycles. The van der Waals surface area contributed by atoms with Crippen molar-refractivity contribution in [2.75, 3.05) is 14.2 Å². The first-order valence-corrected chi connectivity index (χ1v) is 9.58. The van der Waals surface area contributed by atoms with Gasteiger partial charge in [0.1, 0.15) is 23.2 Å². The molecule has 0 radical (unpaired) electrons. The van der Waals surface area contributed by atoms with Gasteiger partial charge in [-0.25, -0.2) is 4.79 Å². The number of carboxylic acid groups (broad SMARTS) is 1. The molecule has 1 aliphatic heterocycles. The van der Waals surface area contributed by atoms with Gasteiger partial charge in [-0.05, 0) is 45.2 Å². The van der Waals surface area contributed by atoms with Crippen molar-refractivity contribution in [1.82, 2.24) is 4.90 Å². The van der Waals surface area contributed by atoms with Crippen molar-refractivity contribution in [3.63, 3.8) is 0 Å². The number of carboxylic acids is 1. The Hall–Kier alpha value is -0.844. The average Bonchev–Trinajstić information content (AvgIpc) is 2.97. The van der Waals surface area contributed by atoms with Gasteiger partial charge in [0.05, 0.1) is 31.8 Å². The van der Waals surface area contributed by atoms with Crippen LogP contribution in [0.4, 0.5) is 4.79 Å². The largest absolute Gasteiger partial charge is 1.00 e. The van der Waals surface area contributed by atoms with Crippen LogP contribution in [0.25, 0.3) is 0 Å². The summed E-state index contributed by atoms with van der Waals surface area (Å²) < 4.78 is 22.3. The monoisotopic (exact) mass is 447 g/mol.